The molecule has 0 aliphatic carbocycles. The molecule has 0 bridgehead atoms. The molecule has 7 nitrogen and oxygen atoms in total. The number of hydrogen-bond donors (Lipinski definition) is 2. The van der Waals surface area contributed by atoms with E-state index in [9.17, 15) is 14.4 Å². The zero-order chi connectivity index (χ0) is 18.8. The minimum atomic E-state index is -0.658. The second kappa shape index (κ2) is 7.21. The number of carbonyl (C=O) groups is 3. The molecule has 4 amide bonds. The van der Waals surface area contributed by atoms with Gasteiger partial charge in [-0.2, -0.15) is 0 Å². The lowest BCUT2D eigenvalue weighted by atomic mass is 9.95. The van der Waals surface area contributed by atoms with Crippen LogP contribution in [0.25, 0.3) is 0 Å². The minimum Gasteiger partial charge on any atom is -0.358 e. The van der Waals surface area contributed by atoms with Gasteiger partial charge in [-0.25, -0.2) is 4.79 Å². The van der Waals surface area contributed by atoms with Gasteiger partial charge >= 0.3 is 6.03 Å². The van der Waals surface area contributed by atoms with Gasteiger partial charge in [0, 0.05) is 18.6 Å². The van der Waals surface area contributed by atoms with E-state index in [1.165, 1.54) is 16.8 Å². The maximum Gasteiger partial charge on any atom is 0.322 e. The highest BCUT2D eigenvalue weighted by molar-refractivity contribution is 6.31. The number of carbonyl (C=O) groups excluding carboxylic acids is 3. The maximum atomic E-state index is 13.0. The SMILES string of the molecule is C=CCN1C(=O)N[C@@H](c2ccccc2Cl)C2=C1CN(CC(=O)NC)C2=O. The van der Waals surface area contributed by atoms with Crippen LogP contribution in [0.5, 0.6) is 0 Å². The molecule has 2 heterocycles. The van der Waals surface area contributed by atoms with E-state index < -0.39 is 6.04 Å². The molecule has 8 heteroatoms. The number of halogens is 1. The molecule has 1 atom stereocenters. The van der Waals surface area contributed by atoms with Crippen LogP contribution in [-0.2, 0) is 9.59 Å². The van der Waals surface area contributed by atoms with E-state index in [2.05, 4.69) is 17.2 Å². The highest BCUT2D eigenvalue weighted by Crippen LogP contribution is 2.38. The molecule has 0 saturated carbocycles. The Labute approximate surface area is 156 Å². The maximum absolute atomic E-state index is 13.0. The van der Waals surface area contributed by atoms with Crippen LogP contribution in [0.3, 0.4) is 0 Å². The fraction of sp³-hybridized carbons (Fsp3) is 0.278. The topological polar surface area (TPSA) is 81.8 Å². The van der Waals surface area contributed by atoms with Crippen molar-refractivity contribution in [2.75, 3.05) is 26.7 Å². The lowest BCUT2D eigenvalue weighted by Crippen LogP contribution is -2.47. The molecule has 3 rings (SSSR count). The first kappa shape index (κ1) is 18.0. The van der Waals surface area contributed by atoms with Gasteiger partial charge in [0.05, 0.1) is 23.9 Å². The van der Waals surface area contributed by atoms with Crippen molar-refractivity contribution in [1.29, 1.82) is 0 Å². The van der Waals surface area contributed by atoms with Gasteiger partial charge in [0.2, 0.25) is 5.91 Å². The Morgan fingerprint density at radius 1 is 1.42 bits per heavy atom. The smallest absolute Gasteiger partial charge is 0.322 e. The van der Waals surface area contributed by atoms with E-state index in [1.807, 2.05) is 0 Å². The third kappa shape index (κ3) is 3.06. The molecule has 0 spiro atoms. The number of benzene rings is 1. The van der Waals surface area contributed by atoms with Gasteiger partial charge < -0.3 is 15.5 Å². The van der Waals surface area contributed by atoms with Crippen molar-refractivity contribution in [2.45, 2.75) is 6.04 Å². The predicted molar refractivity (Wildman–Crippen MR) is 97.3 cm³/mol. The van der Waals surface area contributed by atoms with Gasteiger partial charge in [0.25, 0.3) is 5.91 Å². The Bertz CT molecular complexity index is 820. The molecule has 2 N–H and O–H groups in total. The quantitative estimate of drug-likeness (QED) is 0.765. The molecule has 1 aromatic carbocycles. The largest absolute Gasteiger partial charge is 0.358 e. The number of nitrogens with one attached hydrogen (secondary N) is 2. The second-order valence-corrected chi connectivity index (χ2v) is 6.41. The van der Waals surface area contributed by atoms with Crippen LogP contribution in [-0.4, -0.2) is 54.3 Å². The Hall–Kier alpha value is -2.80. The number of likely N-dealkylation sites (N-methyl/N-ethyl adjacent to an activating group) is 1. The molecule has 2 aliphatic heterocycles. The lowest BCUT2D eigenvalue weighted by molar-refractivity contribution is -0.131. The number of rotatable bonds is 5. The first-order valence-corrected chi connectivity index (χ1v) is 8.52. The van der Waals surface area contributed by atoms with E-state index in [1.54, 1.807) is 30.3 Å². The van der Waals surface area contributed by atoms with Crippen LogP contribution in [0, 0.1) is 0 Å². The monoisotopic (exact) mass is 374 g/mol. The second-order valence-electron chi connectivity index (χ2n) is 6.00. The molecule has 0 saturated heterocycles. The summed E-state index contributed by atoms with van der Waals surface area (Å²) in [4.78, 5) is 40.2. The van der Waals surface area contributed by atoms with E-state index in [-0.39, 0.29) is 37.5 Å². The summed E-state index contributed by atoms with van der Waals surface area (Å²) in [5.74, 6) is -0.565. The Kier molecular flexibility index (Phi) is 4.99. The van der Waals surface area contributed by atoms with Gasteiger partial charge in [-0.05, 0) is 11.6 Å². The van der Waals surface area contributed by atoms with E-state index in [0.717, 1.165) is 0 Å². The van der Waals surface area contributed by atoms with Gasteiger partial charge in [-0.1, -0.05) is 35.9 Å². The Morgan fingerprint density at radius 2 is 2.15 bits per heavy atom. The van der Waals surface area contributed by atoms with Gasteiger partial charge in [-0.15, -0.1) is 6.58 Å². The predicted octanol–water partition coefficient (Wildman–Crippen LogP) is 1.43. The average Bonchev–Trinajstić information content (AvgIpc) is 2.94. The molecule has 1 aromatic rings. The summed E-state index contributed by atoms with van der Waals surface area (Å²) in [6, 6.07) is 6.07. The van der Waals surface area contributed by atoms with Crippen LogP contribution in [0.4, 0.5) is 4.79 Å². The third-order valence-corrected chi connectivity index (χ3v) is 4.78. The van der Waals surface area contributed by atoms with Crippen molar-refractivity contribution in [3.05, 3.63) is 58.8 Å². The minimum absolute atomic E-state index is 0.0757. The molecule has 0 unspecified atom stereocenters. The molecule has 0 aromatic heterocycles. The fourth-order valence-corrected chi connectivity index (χ4v) is 3.44. The Balaban J connectivity index is 2.04. The zero-order valence-corrected chi connectivity index (χ0v) is 15.0. The lowest BCUT2D eigenvalue weighted by Gasteiger charge is -2.33. The third-order valence-electron chi connectivity index (χ3n) is 4.44. The highest BCUT2D eigenvalue weighted by atomic mass is 35.5. The van der Waals surface area contributed by atoms with Crippen molar-refractivity contribution in [2.24, 2.45) is 0 Å². The molecule has 26 heavy (non-hydrogen) atoms. The van der Waals surface area contributed by atoms with Crippen molar-refractivity contribution in [3.8, 4) is 0 Å². The summed E-state index contributed by atoms with van der Waals surface area (Å²) < 4.78 is 0. The van der Waals surface area contributed by atoms with Crippen molar-refractivity contribution < 1.29 is 14.4 Å². The normalized spacial score (nSPS) is 19.4. The standard InChI is InChI=1S/C18H19ClN4O3/c1-3-8-23-13-9-22(10-14(24)20-2)17(25)15(13)16(21-18(23)26)11-6-4-5-7-12(11)19/h3-7,16H,1,8-10H2,2H3,(H,20,24)(H,21,26)/t16-/m0/s1. The van der Waals surface area contributed by atoms with Gasteiger partial charge in [0.1, 0.15) is 6.54 Å². The van der Waals surface area contributed by atoms with Crippen LogP contribution in [0.2, 0.25) is 5.02 Å². The average molecular weight is 375 g/mol. The van der Waals surface area contributed by atoms with Crippen LogP contribution >= 0.6 is 11.6 Å². The summed E-state index contributed by atoms with van der Waals surface area (Å²) in [7, 11) is 1.51. The molecular formula is C18H19ClN4O3. The molecule has 2 aliphatic rings. The number of urea groups is 1. The molecular weight excluding hydrogens is 356 g/mol. The zero-order valence-electron chi connectivity index (χ0n) is 14.3. The van der Waals surface area contributed by atoms with E-state index >= 15 is 0 Å². The van der Waals surface area contributed by atoms with Gasteiger partial charge in [0.15, 0.2) is 0 Å². The van der Waals surface area contributed by atoms with Crippen molar-refractivity contribution >= 4 is 29.4 Å². The number of hydrogen-bond acceptors (Lipinski definition) is 3. The first-order chi connectivity index (χ1) is 12.5. The molecule has 0 fully saturated rings. The molecule has 136 valence electrons. The van der Waals surface area contributed by atoms with Crippen LogP contribution in [0.15, 0.2) is 48.2 Å². The van der Waals surface area contributed by atoms with Crippen molar-refractivity contribution in [3.63, 3.8) is 0 Å². The first-order valence-electron chi connectivity index (χ1n) is 8.14. The van der Waals surface area contributed by atoms with E-state index in [4.69, 9.17) is 11.6 Å². The summed E-state index contributed by atoms with van der Waals surface area (Å²) in [6.07, 6.45) is 1.59. The van der Waals surface area contributed by atoms with Gasteiger partial charge in [-0.3, -0.25) is 14.5 Å². The summed E-state index contributed by atoms with van der Waals surface area (Å²) in [5, 5.41) is 5.81. The van der Waals surface area contributed by atoms with Crippen LogP contribution in [0.1, 0.15) is 11.6 Å². The molecule has 0 radical (unpaired) electrons. The Morgan fingerprint density at radius 3 is 2.81 bits per heavy atom. The number of nitrogens with zero attached hydrogens (tertiary/aromatic N) is 2. The summed E-state index contributed by atoms with van der Waals surface area (Å²) >= 11 is 6.29. The summed E-state index contributed by atoms with van der Waals surface area (Å²) in [5.41, 5.74) is 1.65. The van der Waals surface area contributed by atoms with E-state index in [0.29, 0.717) is 21.9 Å². The fourth-order valence-electron chi connectivity index (χ4n) is 3.19. The van der Waals surface area contributed by atoms with Crippen molar-refractivity contribution in [1.82, 2.24) is 20.4 Å². The number of amides is 4. The van der Waals surface area contributed by atoms with Crippen LogP contribution < -0.4 is 10.6 Å². The summed E-state index contributed by atoms with van der Waals surface area (Å²) in [6.45, 7) is 4.04. The highest BCUT2D eigenvalue weighted by Gasteiger charge is 2.44.